The predicted molar refractivity (Wildman–Crippen MR) is 77.0 cm³/mol. The number of nitrogens with zero attached hydrogens (tertiary/aromatic N) is 1. The molecule has 0 aliphatic rings. The summed E-state index contributed by atoms with van der Waals surface area (Å²) in [5, 5.41) is 9.98. The number of aromatic nitrogens is 2. The van der Waals surface area contributed by atoms with Gasteiger partial charge < -0.3 is 5.32 Å². The van der Waals surface area contributed by atoms with Crippen molar-refractivity contribution in [3.8, 4) is 11.3 Å². The van der Waals surface area contributed by atoms with E-state index >= 15 is 0 Å². The first-order chi connectivity index (χ1) is 9.94. The van der Waals surface area contributed by atoms with Crippen molar-refractivity contribution < 1.29 is 13.2 Å². The van der Waals surface area contributed by atoms with Gasteiger partial charge in [0.05, 0.1) is 5.69 Å². The number of alkyl halides is 3. The molecule has 0 saturated carbocycles. The second kappa shape index (κ2) is 6.65. The van der Waals surface area contributed by atoms with Crippen molar-refractivity contribution in [2.45, 2.75) is 38.4 Å². The second-order valence-corrected chi connectivity index (χ2v) is 5.10. The second-order valence-electron chi connectivity index (χ2n) is 5.10. The number of aromatic amines is 1. The highest BCUT2D eigenvalue weighted by atomic mass is 19.4. The largest absolute Gasteiger partial charge is 0.389 e. The lowest BCUT2D eigenvalue weighted by Crippen LogP contribution is -2.16. The van der Waals surface area contributed by atoms with Crippen LogP contribution in [0.4, 0.5) is 18.9 Å². The molecular formula is C15H18F3N3. The van der Waals surface area contributed by atoms with Crippen molar-refractivity contribution in [3.05, 3.63) is 36.5 Å². The molecule has 0 bridgehead atoms. The molecule has 2 rings (SSSR count). The van der Waals surface area contributed by atoms with Crippen LogP contribution in [0.1, 0.15) is 26.2 Å². The van der Waals surface area contributed by atoms with Gasteiger partial charge in [-0.25, -0.2) is 0 Å². The maximum absolute atomic E-state index is 12.1. The normalized spacial score (nSPS) is 13.1. The van der Waals surface area contributed by atoms with Crippen LogP contribution in [-0.2, 0) is 0 Å². The molecule has 1 aromatic heterocycles. The quantitative estimate of drug-likeness (QED) is 0.817. The fourth-order valence-corrected chi connectivity index (χ4v) is 2.13. The average molecular weight is 297 g/mol. The summed E-state index contributed by atoms with van der Waals surface area (Å²) in [4.78, 5) is 0. The van der Waals surface area contributed by atoms with E-state index in [1.54, 1.807) is 6.20 Å². The lowest BCUT2D eigenvalue weighted by Gasteiger charge is -2.16. The highest BCUT2D eigenvalue weighted by Crippen LogP contribution is 2.24. The molecule has 1 unspecified atom stereocenters. The smallest absolute Gasteiger partial charge is 0.383 e. The molecule has 2 aromatic rings. The molecule has 0 aliphatic heterocycles. The third-order valence-corrected chi connectivity index (χ3v) is 3.21. The van der Waals surface area contributed by atoms with Crippen LogP contribution in [0.5, 0.6) is 0 Å². The van der Waals surface area contributed by atoms with Gasteiger partial charge in [0, 0.05) is 24.3 Å². The molecule has 0 saturated heterocycles. The first-order valence-corrected chi connectivity index (χ1v) is 6.87. The average Bonchev–Trinajstić information content (AvgIpc) is 2.92. The molecule has 0 amide bonds. The standard InChI is InChI=1S/C15H18F3N3/c1-11(3-2-9-15(16,17)18)20-13-6-4-12(5-7-13)14-8-10-19-21-14/h4-8,10-11,20H,2-3,9H2,1H3,(H,19,21). The Labute approximate surface area is 121 Å². The number of benzene rings is 1. The van der Waals surface area contributed by atoms with Crippen molar-refractivity contribution in [2.75, 3.05) is 5.32 Å². The van der Waals surface area contributed by atoms with Crippen molar-refractivity contribution in [1.82, 2.24) is 10.2 Å². The Hall–Kier alpha value is -1.98. The van der Waals surface area contributed by atoms with Gasteiger partial charge in [0.25, 0.3) is 0 Å². The molecule has 1 atom stereocenters. The minimum atomic E-state index is -4.06. The lowest BCUT2D eigenvalue weighted by atomic mass is 10.1. The summed E-state index contributed by atoms with van der Waals surface area (Å²) >= 11 is 0. The number of rotatable bonds is 6. The Kier molecular flexibility index (Phi) is 4.88. The van der Waals surface area contributed by atoms with Crippen LogP contribution in [0.3, 0.4) is 0 Å². The van der Waals surface area contributed by atoms with Gasteiger partial charge in [-0.05, 0) is 43.5 Å². The van der Waals surface area contributed by atoms with Crippen LogP contribution in [0.2, 0.25) is 0 Å². The molecule has 0 aliphatic carbocycles. The topological polar surface area (TPSA) is 40.7 Å². The maximum atomic E-state index is 12.1. The molecular weight excluding hydrogens is 279 g/mol. The first kappa shape index (κ1) is 15.4. The first-order valence-electron chi connectivity index (χ1n) is 6.87. The predicted octanol–water partition coefficient (Wildman–Crippen LogP) is 4.61. The fourth-order valence-electron chi connectivity index (χ4n) is 2.13. The molecule has 0 spiro atoms. The highest BCUT2D eigenvalue weighted by molar-refractivity contribution is 5.62. The van der Waals surface area contributed by atoms with Crippen LogP contribution in [0, 0.1) is 0 Å². The van der Waals surface area contributed by atoms with Gasteiger partial charge in [-0.2, -0.15) is 18.3 Å². The highest BCUT2D eigenvalue weighted by Gasteiger charge is 2.26. The van der Waals surface area contributed by atoms with Crippen molar-refractivity contribution in [1.29, 1.82) is 0 Å². The third kappa shape index (κ3) is 5.13. The molecule has 1 heterocycles. The zero-order valence-electron chi connectivity index (χ0n) is 11.7. The SMILES string of the molecule is CC(CCCC(F)(F)F)Nc1ccc(-c2ccn[nH]2)cc1. The minimum Gasteiger partial charge on any atom is -0.383 e. The Balaban J connectivity index is 1.83. The van der Waals surface area contributed by atoms with Crippen LogP contribution in [0.25, 0.3) is 11.3 Å². The van der Waals surface area contributed by atoms with Gasteiger partial charge in [0.1, 0.15) is 0 Å². The molecule has 2 N–H and O–H groups in total. The molecule has 114 valence electrons. The zero-order chi connectivity index (χ0) is 15.3. The summed E-state index contributed by atoms with van der Waals surface area (Å²) in [6, 6.07) is 9.59. The van der Waals surface area contributed by atoms with Crippen molar-refractivity contribution in [3.63, 3.8) is 0 Å². The van der Waals surface area contributed by atoms with Crippen LogP contribution < -0.4 is 5.32 Å². The van der Waals surface area contributed by atoms with Crippen LogP contribution in [-0.4, -0.2) is 22.4 Å². The monoisotopic (exact) mass is 297 g/mol. The summed E-state index contributed by atoms with van der Waals surface area (Å²) in [7, 11) is 0. The Morgan fingerprint density at radius 3 is 2.48 bits per heavy atom. The van der Waals surface area contributed by atoms with E-state index in [0.29, 0.717) is 6.42 Å². The Bertz CT molecular complexity index is 532. The molecule has 1 aromatic carbocycles. The summed E-state index contributed by atoms with van der Waals surface area (Å²) in [6.07, 6.45) is -2.47. The van der Waals surface area contributed by atoms with Crippen molar-refractivity contribution in [2.24, 2.45) is 0 Å². The van der Waals surface area contributed by atoms with Crippen LogP contribution in [0.15, 0.2) is 36.5 Å². The third-order valence-electron chi connectivity index (χ3n) is 3.21. The van der Waals surface area contributed by atoms with Gasteiger partial charge >= 0.3 is 6.18 Å². The number of nitrogens with one attached hydrogen (secondary N) is 2. The molecule has 3 nitrogen and oxygen atoms in total. The van der Waals surface area contributed by atoms with E-state index in [1.165, 1.54) is 0 Å². The van der Waals surface area contributed by atoms with Gasteiger partial charge in [0.2, 0.25) is 0 Å². The molecule has 0 radical (unpaired) electrons. The van der Waals surface area contributed by atoms with E-state index < -0.39 is 12.6 Å². The van der Waals surface area contributed by atoms with Gasteiger partial charge in [-0.3, -0.25) is 5.10 Å². The fraction of sp³-hybridized carbons (Fsp3) is 0.400. The molecule has 6 heteroatoms. The van der Waals surface area contributed by atoms with E-state index in [4.69, 9.17) is 0 Å². The summed E-state index contributed by atoms with van der Waals surface area (Å²) in [5.41, 5.74) is 2.85. The Morgan fingerprint density at radius 2 is 1.90 bits per heavy atom. The maximum Gasteiger partial charge on any atom is 0.389 e. The number of halogens is 3. The number of hydrogen-bond acceptors (Lipinski definition) is 2. The van der Waals surface area contributed by atoms with Gasteiger partial charge in [-0.1, -0.05) is 12.1 Å². The molecule has 21 heavy (non-hydrogen) atoms. The Morgan fingerprint density at radius 1 is 1.19 bits per heavy atom. The minimum absolute atomic E-state index is 0.00496. The summed E-state index contributed by atoms with van der Waals surface area (Å²) in [6.45, 7) is 1.89. The molecule has 0 fully saturated rings. The summed E-state index contributed by atoms with van der Waals surface area (Å²) < 4.78 is 36.3. The van der Waals surface area contributed by atoms with E-state index in [9.17, 15) is 13.2 Å². The van der Waals surface area contributed by atoms with Gasteiger partial charge in [0.15, 0.2) is 0 Å². The lowest BCUT2D eigenvalue weighted by molar-refractivity contribution is -0.135. The summed E-state index contributed by atoms with van der Waals surface area (Å²) in [5.74, 6) is 0. The van der Waals surface area contributed by atoms with E-state index in [1.807, 2.05) is 37.3 Å². The van der Waals surface area contributed by atoms with E-state index in [2.05, 4.69) is 15.5 Å². The number of anilines is 1. The van der Waals surface area contributed by atoms with E-state index in [-0.39, 0.29) is 12.5 Å². The number of hydrogen-bond donors (Lipinski definition) is 2. The van der Waals surface area contributed by atoms with E-state index in [0.717, 1.165) is 16.9 Å². The number of H-pyrrole nitrogens is 1. The van der Waals surface area contributed by atoms with Crippen LogP contribution >= 0.6 is 0 Å². The van der Waals surface area contributed by atoms with Crippen molar-refractivity contribution >= 4 is 5.69 Å². The zero-order valence-corrected chi connectivity index (χ0v) is 11.7. The van der Waals surface area contributed by atoms with Gasteiger partial charge in [-0.15, -0.1) is 0 Å².